The molecule has 1 fully saturated rings. The normalized spacial score (nSPS) is 21.6. The van der Waals surface area contributed by atoms with E-state index in [1.807, 2.05) is 0 Å². The van der Waals surface area contributed by atoms with Crippen LogP contribution in [0.2, 0.25) is 0 Å². The fraction of sp³-hybridized carbons (Fsp3) is 0.450. The van der Waals surface area contributed by atoms with Gasteiger partial charge in [-0.2, -0.15) is 0 Å². The van der Waals surface area contributed by atoms with E-state index in [-0.39, 0.29) is 5.91 Å². The summed E-state index contributed by atoms with van der Waals surface area (Å²) >= 11 is 0. The molecule has 2 heterocycles. The van der Waals surface area contributed by atoms with Gasteiger partial charge in [-0.1, -0.05) is 38.1 Å². The van der Waals surface area contributed by atoms with E-state index in [0.29, 0.717) is 12.1 Å². The Balaban J connectivity index is 1.51. The molecule has 24 heavy (non-hydrogen) atoms. The molecule has 0 bridgehead atoms. The Kier molecular flexibility index (Phi) is 5.36. The molecule has 0 unspecified atom stereocenters. The van der Waals surface area contributed by atoms with Gasteiger partial charge in [0.05, 0.1) is 11.8 Å². The summed E-state index contributed by atoms with van der Waals surface area (Å²) in [6.45, 7) is 8.60. The zero-order valence-electron chi connectivity index (χ0n) is 14.5. The lowest BCUT2D eigenvalue weighted by molar-refractivity contribution is 0.0950. The van der Waals surface area contributed by atoms with Crippen LogP contribution in [0.15, 0.2) is 47.3 Å². The summed E-state index contributed by atoms with van der Waals surface area (Å²) in [6.07, 6.45) is 4.30. The van der Waals surface area contributed by atoms with Crippen LogP contribution in [-0.2, 0) is 13.1 Å². The quantitative estimate of drug-likeness (QED) is 0.911. The maximum absolute atomic E-state index is 11.9. The molecule has 4 heteroatoms. The van der Waals surface area contributed by atoms with Crippen molar-refractivity contribution < 1.29 is 9.21 Å². The zero-order valence-corrected chi connectivity index (χ0v) is 14.5. The number of carbonyl (C=O) groups excluding carboxylic acids is 1. The highest BCUT2D eigenvalue weighted by Crippen LogP contribution is 2.22. The second-order valence-electron chi connectivity index (χ2n) is 7.15. The molecule has 0 radical (unpaired) electrons. The van der Waals surface area contributed by atoms with Crippen molar-refractivity contribution in [3.63, 3.8) is 0 Å². The molecule has 4 nitrogen and oxygen atoms in total. The monoisotopic (exact) mass is 326 g/mol. The lowest BCUT2D eigenvalue weighted by Crippen LogP contribution is -2.38. The number of piperidine rings is 1. The largest absolute Gasteiger partial charge is 0.472 e. The molecule has 2 atom stereocenters. The lowest BCUT2D eigenvalue weighted by Gasteiger charge is -2.35. The van der Waals surface area contributed by atoms with E-state index in [1.165, 1.54) is 37.6 Å². The van der Waals surface area contributed by atoms with Gasteiger partial charge in [0.1, 0.15) is 6.26 Å². The molecule has 1 aromatic carbocycles. The highest BCUT2D eigenvalue weighted by molar-refractivity contribution is 5.93. The summed E-state index contributed by atoms with van der Waals surface area (Å²) in [5.74, 6) is 1.46. The van der Waals surface area contributed by atoms with Crippen molar-refractivity contribution in [3.8, 4) is 0 Å². The standard InChI is InChI=1S/C20H26N2O2/c1-15-9-16(2)12-22(11-15)13-18-5-3-17(4-6-18)10-21-20(23)19-7-8-24-14-19/h3-8,14-16H,9-13H2,1-2H3,(H,21,23)/t15-,16-/m1/s1. The van der Waals surface area contributed by atoms with Crippen molar-refractivity contribution in [1.82, 2.24) is 10.2 Å². The molecule has 1 aliphatic heterocycles. The maximum atomic E-state index is 11.9. The number of furan rings is 1. The van der Waals surface area contributed by atoms with Crippen LogP contribution in [0, 0.1) is 11.8 Å². The Morgan fingerprint density at radius 1 is 1.12 bits per heavy atom. The minimum Gasteiger partial charge on any atom is -0.472 e. The molecule has 1 amide bonds. The number of nitrogens with one attached hydrogen (secondary N) is 1. The second kappa shape index (κ2) is 7.67. The minimum atomic E-state index is -0.107. The van der Waals surface area contributed by atoms with Gasteiger partial charge in [0.2, 0.25) is 0 Å². The molecular formula is C20H26N2O2. The summed E-state index contributed by atoms with van der Waals surface area (Å²) in [6, 6.07) is 10.2. The van der Waals surface area contributed by atoms with Crippen LogP contribution in [0.25, 0.3) is 0 Å². The fourth-order valence-corrected chi connectivity index (χ4v) is 3.62. The Morgan fingerprint density at radius 3 is 2.42 bits per heavy atom. The average molecular weight is 326 g/mol. The molecule has 3 rings (SSSR count). The van der Waals surface area contributed by atoms with E-state index in [9.17, 15) is 4.79 Å². The first-order valence-corrected chi connectivity index (χ1v) is 8.70. The third-order valence-electron chi connectivity index (χ3n) is 4.61. The van der Waals surface area contributed by atoms with Gasteiger partial charge < -0.3 is 9.73 Å². The number of nitrogens with zero attached hydrogens (tertiary/aromatic N) is 1. The van der Waals surface area contributed by atoms with Gasteiger partial charge in [0.15, 0.2) is 0 Å². The van der Waals surface area contributed by atoms with Gasteiger partial charge >= 0.3 is 0 Å². The molecule has 0 spiro atoms. The third kappa shape index (κ3) is 4.48. The van der Waals surface area contributed by atoms with Gasteiger partial charge in [-0.15, -0.1) is 0 Å². The number of amides is 1. The molecule has 128 valence electrons. The molecule has 0 saturated carbocycles. The van der Waals surface area contributed by atoms with Crippen LogP contribution in [0.5, 0.6) is 0 Å². The Labute approximate surface area is 143 Å². The molecule has 2 aromatic rings. The van der Waals surface area contributed by atoms with E-state index >= 15 is 0 Å². The predicted molar refractivity (Wildman–Crippen MR) is 94.5 cm³/mol. The van der Waals surface area contributed by atoms with Crippen LogP contribution in [-0.4, -0.2) is 23.9 Å². The Hall–Kier alpha value is -2.07. The van der Waals surface area contributed by atoms with Crippen LogP contribution in [0.3, 0.4) is 0 Å². The highest BCUT2D eigenvalue weighted by atomic mass is 16.3. The average Bonchev–Trinajstić information content (AvgIpc) is 3.07. The van der Waals surface area contributed by atoms with Crippen molar-refractivity contribution in [3.05, 3.63) is 59.5 Å². The summed E-state index contributed by atoms with van der Waals surface area (Å²) < 4.78 is 4.93. The molecule has 0 aliphatic carbocycles. The van der Waals surface area contributed by atoms with Gasteiger partial charge in [-0.05, 0) is 35.4 Å². The van der Waals surface area contributed by atoms with Crippen LogP contribution >= 0.6 is 0 Å². The van der Waals surface area contributed by atoms with E-state index in [4.69, 9.17) is 4.42 Å². The number of likely N-dealkylation sites (tertiary alicyclic amines) is 1. The van der Waals surface area contributed by atoms with Gasteiger partial charge in [-0.3, -0.25) is 9.69 Å². The van der Waals surface area contributed by atoms with Gasteiger partial charge in [0.25, 0.3) is 5.91 Å². The zero-order chi connectivity index (χ0) is 16.9. The van der Waals surface area contributed by atoms with E-state index in [2.05, 4.69) is 48.3 Å². The number of benzene rings is 1. The van der Waals surface area contributed by atoms with Crippen molar-refractivity contribution in [2.75, 3.05) is 13.1 Å². The summed E-state index contributed by atoms with van der Waals surface area (Å²) in [5, 5.41) is 2.90. The summed E-state index contributed by atoms with van der Waals surface area (Å²) in [7, 11) is 0. The highest BCUT2D eigenvalue weighted by Gasteiger charge is 2.21. The van der Waals surface area contributed by atoms with Crippen LogP contribution in [0.4, 0.5) is 0 Å². The minimum absolute atomic E-state index is 0.107. The van der Waals surface area contributed by atoms with Crippen LogP contribution < -0.4 is 5.32 Å². The molecule has 1 aromatic heterocycles. The summed E-state index contributed by atoms with van der Waals surface area (Å²) in [5.41, 5.74) is 3.00. The van der Waals surface area contributed by atoms with Crippen LogP contribution in [0.1, 0.15) is 41.8 Å². The van der Waals surface area contributed by atoms with Crippen molar-refractivity contribution in [1.29, 1.82) is 0 Å². The Morgan fingerprint density at radius 2 is 1.79 bits per heavy atom. The van der Waals surface area contributed by atoms with Crippen molar-refractivity contribution >= 4 is 5.91 Å². The number of hydrogen-bond donors (Lipinski definition) is 1. The molecule has 1 aliphatic rings. The molecule has 1 saturated heterocycles. The van der Waals surface area contributed by atoms with Gasteiger partial charge in [0, 0.05) is 26.2 Å². The smallest absolute Gasteiger partial charge is 0.254 e. The SMILES string of the molecule is C[C@@H]1C[C@@H](C)CN(Cc2ccc(CNC(=O)c3ccoc3)cc2)C1. The van der Waals surface area contributed by atoms with Crippen molar-refractivity contribution in [2.45, 2.75) is 33.4 Å². The number of hydrogen-bond acceptors (Lipinski definition) is 3. The fourth-order valence-electron chi connectivity index (χ4n) is 3.62. The number of rotatable bonds is 5. The third-order valence-corrected chi connectivity index (χ3v) is 4.61. The second-order valence-corrected chi connectivity index (χ2v) is 7.15. The number of carbonyl (C=O) groups is 1. The van der Waals surface area contributed by atoms with E-state index in [0.717, 1.165) is 23.9 Å². The predicted octanol–water partition coefficient (Wildman–Crippen LogP) is 3.69. The maximum Gasteiger partial charge on any atom is 0.254 e. The lowest BCUT2D eigenvalue weighted by atomic mass is 9.91. The first kappa shape index (κ1) is 16.8. The van der Waals surface area contributed by atoms with E-state index < -0.39 is 0 Å². The molecular weight excluding hydrogens is 300 g/mol. The first-order valence-electron chi connectivity index (χ1n) is 8.70. The van der Waals surface area contributed by atoms with Gasteiger partial charge in [-0.25, -0.2) is 0 Å². The van der Waals surface area contributed by atoms with Crippen molar-refractivity contribution in [2.24, 2.45) is 11.8 Å². The first-order chi connectivity index (χ1) is 11.6. The topological polar surface area (TPSA) is 45.5 Å². The Bertz CT molecular complexity index is 639. The van der Waals surface area contributed by atoms with E-state index in [1.54, 1.807) is 6.07 Å². The molecule has 1 N–H and O–H groups in total. The summed E-state index contributed by atoms with van der Waals surface area (Å²) in [4.78, 5) is 14.4.